The highest BCUT2D eigenvalue weighted by Gasteiger charge is 2.30. The molecule has 1 aromatic carbocycles. The van der Waals surface area contributed by atoms with Crippen molar-refractivity contribution in [3.05, 3.63) is 40.4 Å². The molecule has 0 spiro atoms. The van der Waals surface area contributed by atoms with Crippen LogP contribution < -0.4 is 15.4 Å². The molecule has 3 unspecified atom stereocenters. The van der Waals surface area contributed by atoms with Crippen LogP contribution in [-0.4, -0.2) is 52.8 Å². The first kappa shape index (κ1) is 23.7. The van der Waals surface area contributed by atoms with Crippen molar-refractivity contribution in [2.45, 2.75) is 57.7 Å². The molecule has 30 heavy (non-hydrogen) atoms. The van der Waals surface area contributed by atoms with E-state index in [0.29, 0.717) is 34.5 Å². The van der Waals surface area contributed by atoms with E-state index in [1.54, 1.807) is 12.1 Å². The highest BCUT2D eigenvalue weighted by molar-refractivity contribution is 6.31. The number of aliphatic carboxylic acids is 2. The number of benzene rings is 1. The summed E-state index contributed by atoms with van der Waals surface area (Å²) in [5.74, 6) is -1.92. The minimum atomic E-state index is -1.26. The topological polar surface area (TPSA) is 125 Å². The minimum absolute atomic E-state index is 0.0671. The molecule has 0 saturated carbocycles. The maximum Gasteiger partial charge on any atom is 0.328 e. The van der Waals surface area contributed by atoms with E-state index in [2.05, 4.69) is 17.6 Å². The molecule has 2 heterocycles. The van der Waals surface area contributed by atoms with E-state index in [1.165, 1.54) is 6.42 Å². The van der Waals surface area contributed by atoms with Crippen molar-refractivity contribution < 1.29 is 29.3 Å². The van der Waals surface area contributed by atoms with Crippen LogP contribution in [0.15, 0.2) is 24.3 Å². The first-order valence-electron chi connectivity index (χ1n) is 9.89. The summed E-state index contributed by atoms with van der Waals surface area (Å²) < 4.78 is 5.82. The van der Waals surface area contributed by atoms with Gasteiger partial charge in [0.1, 0.15) is 11.9 Å². The molecule has 0 aromatic heterocycles. The van der Waals surface area contributed by atoms with Gasteiger partial charge in [0.25, 0.3) is 5.91 Å². The fourth-order valence-electron chi connectivity index (χ4n) is 3.57. The van der Waals surface area contributed by atoms with Gasteiger partial charge in [0.05, 0.1) is 5.56 Å². The number of carboxylic acids is 2. The number of halogens is 1. The van der Waals surface area contributed by atoms with Gasteiger partial charge in [-0.1, -0.05) is 18.5 Å². The summed E-state index contributed by atoms with van der Waals surface area (Å²) in [6.07, 6.45) is 5.15. The first-order chi connectivity index (χ1) is 14.2. The molecule has 8 nitrogen and oxygen atoms in total. The standard InChI is InChI=1S/C17H23ClN2O2.C4H4O4/c1-3-14(15-5-4-8-19-15)20-17(21)11-6-7-13(18)12-9-10(2)22-16(11)12;5-3(6)1-2-4(7)8/h6-7,10,14-15,19H,3-5,8-9H2,1-2H3,(H,20,21);1-2H,(H,5,6)(H,7,8)/b;2-1+. The van der Waals surface area contributed by atoms with Crippen molar-refractivity contribution in [3.8, 4) is 5.75 Å². The molecule has 2 aliphatic rings. The van der Waals surface area contributed by atoms with Crippen LogP contribution in [0, 0.1) is 0 Å². The van der Waals surface area contributed by atoms with Gasteiger partial charge in [0.15, 0.2) is 0 Å². The van der Waals surface area contributed by atoms with E-state index in [9.17, 15) is 14.4 Å². The Labute approximate surface area is 180 Å². The Morgan fingerprint density at radius 2 is 1.97 bits per heavy atom. The lowest BCUT2D eigenvalue weighted by Crippen LogP contribution is -2.47. The van der Waals surface area contributed by atoms with Crippen LogP contribution in [0.2, 0.25) is 5.02 Å². The number of carbonyl (C=O) groups is 3. The summed E-state index contributed by atoms with van der Waals surface area (Å²) >= 11 is 6.23. The Morgan fingerprint density at radius 3 is 2.50 bits per heavy atom. The molecule has 0 bridgehead atoms. The van der Waals surface area contributed by atoms with E-state index >= 15 is 0 Å². The fourth-order valence-corrected chi connectivity index (χ4v) is 3.79. The van der Waals surface area contributed by atoms with E-state index < -0.39 is 11.9 Å². The summed E-state index contributed by atoms with van der Waals surface area (Å²) in [6.45, 7) is 5.14. The third kappa shape index (κ3) is 6.47. The Kier molecular flexibility index (Phi) is 8.68. The van der Waals surface area contributed by atoms with Crippen molar-refractivity contribution in [3.63, 3.8) is 0 Å². The zero-order chi connectivity index (χ0) is 22.3. The number of carboxylic acid groups (broad SMARTS) is 2. The number of fused-ring (bicyclic) bond motifs is 1. The Balaban J connectivity index is 0.000000343. The highest BCUT2D eigenvalue weighted by atomic mass is 35.5. The molecule has 0 aliphatic carbocycles. The molecule has 3 atom stereocenters. The van der Waals surface area contributed by atoms with Gasteiger partial charge in [-0.05, 0) is 44.9 Å². The number of carbonyl (C=O) groups excluding carboxylic acids is 1. The van der Waals surface area contributed by atoms with Gasteiger partial charge in [0.2, 0.25) is 0 Å². The molecule has 1 aromatic rings. The van der Waals surface area contributed by atoms with Crippen molar-refractivity contribution in [2.24, 2.45) is 0 Å². The van der Waals surface area contributed by atoms with Crippen molar-refractivity contribution in [1.82, 2.24) is 10.6 Å². The van der Waals surface area contributed by atoms with Gasteiger partial charge in [0, 0.05) is 41.2 Å². The van der Waals surface area contributed by atoms with Crippen molar-refractivity contribution in [2.75, 3.05) is 6.54 Å². The molecule has 0 radical (unpaired) electrons. The van der Waals surface area contributed by atoms with Gasteiger partial charge in [-0.3, -0.25) is 4.79 Å². The van der Waals surface area contributed by atoms with Gasteiger partial charge < -0.3 is 25.6 Å². The highest BCUT2D eigenvalue weighted by Crippen LogP contribution is 2.37. The first-order valence-corrected chi connectivity index (χ1v) is 10.3. The SMILES string of the molecule is CCC(NC(=O)c1ccc(Cl)c2c1OC(C)C2)C1CCCN1.O=C(O)/C=C/C(=O)O. The van der Waals surface area contributed by atoms with E-state index in [0.717, 1.165) is 31.4 Å². The maximum absolute atomic E-state index is 12.7. The average molecular weight is 439 g/mol. The number of hydrogen-bond donors (Lipinski definition) is 4. The largest absolute Gasteiger partial charge is 0.489 e. The zero-order valence-corrected chi connectivity index (χ0v) is 17.7. The summed E-state index contributed by atoms with van der Waals surface area (Å²) in [6, 6.07) is 4.09. The quantitative estimate of drug-likeness (QED) is 0.503. The van der Waals surface area contributed by atoms with Gasteiger partial charge in [-0.2, -0.15) is 0 Å². The molecule has 164 valence electrons. The maximum atomic E-state index is 12.7. The summed E-state index contributed by atoms with van der Waals surface area (Å²) in [5, 5.41) is 22.9. The van der Waals surface area contributed by atoms with Crippen LogP contribution in [0.1, 0.15) is 49.0 Å². The smallest absolute Gasteiger partial charge is 0.328 e. The van der Waals surface area contributed by atoms with Crippen molar-refractivity contribution in [1.29, 1.82) is 0 Å². The molecule has 3 rings (SSSR count). The van der Waals surface area contributed by atoms with E-state index in [1.807, 2.05) is 6.92 Å². The fraction of sp³-hybridized carbons (Fsp3) is 0.476. The number of hydrogen-bond acceptors (Lipinski definition) is 5. The minimum Gasteiger partial charge on any atom is -0.489 e. The van der Waals surface area contributed by atoms with Gasteiger partial charge >= 0.3 is 11.9 Å². The summed E-state index contributed by atoms with van der Waals surface area (Å²) in [7, 11) is 0. The second-order valence-electron chi connectivity index (χ2n) is 7.24. The molecule has 1 fully saturated rings. The average Bonchev–Trinajstić information content (AvgIpc) is 3.35. The molecule has 1 saturated heterocycles. The normalized spacial score (nSPS) is 20.6. The predicted octanol–water partition coefficient (Wildman–Crippen LogP) is 2.64. The third-order valence-electron chi connectivity index (χ3n) is 4.97. The molecule has 9 heteroatoms. The van der Waals surface area contributed by atoms with Crippen LogP contribution in [0.3, 0.4) is 0 Å². The third-order valence-corrected chi connectivity index (χ3v) is 5.32. The van der Waals surface area contributed by atoms with Crippen LogP contribution in [0.5, 0.6) is 5.75 Å². The monoisotopic (exact) mass is 438 g/mol. The van der Waals surface area contributed by atoms with E-state index in [4.69, 9.17) is 26.6 Å². The second-order valence-corrected chi connectivity index (χ2v) is 7.64. The summed E-state index contributed by atoms with van der Waals surface area (Å²) in [4.78, 5) is 31.8. The Hall–Kier alpha value is -2.58. The lowest BCUT2D eigenvalue weighted by molar-refractivity contribution is -0.134. The molecule has 4 N–H and O–H groups in total. The van der Waals surface area contributed by atoms with Crippen LogP contribution in [0.25, 0.3) is 0 Å². The Bertz CT molecular complexity index is 804. The zero-order valence-electron chi connectivity index (χ0n) is 17.0. The molecule has 2 aliphatic heterocycles. The van der Waals surface area contributed by atoms with E-state index in [-0.39, 0.29) is 18.1 Å². The van der Waals surface area contributed by atoms with Crippen molar-refractivity contribution >= 4 is 29.4 Å². The van der Waals surface area contributed by atoms with Gasteiger partial charge in [-0.25, -0.2) is 9.59 Å². The van der Waals surface area contributed by atoms with Gasteiger partial charge in [-0.15, -0.1) is 0 Å². The number of amides is 1. The Morgan fingerprint density at radius 1 is 1.30 bits per heavy atom. The predicted molar refractivity (Wildman–Crippen MR) is 112 cm³/mol. The lowest BCUT2D eigenvalue weighted by atomic mass is 10.0. The van der Waals surface area contributed by atoms with Crippen LogP contribution in [-0.2, 0) is 16.0 Å². The number of rotatable bonds is 6. The van der Waals surface area contributed by atoms with Crippen LogP contribution in [0.4, 0.5) is 0 Å². The second kappa shape index (κ2) is 11.0. The molecular weight excluding hydrogens is 412 g/mol. The van der Waals surface area contributed by atoms with Crippen LogP contribution >= 0.6 is 11.6 Å². The number of nitrogens with one attached hydrogen (secondary N) is 2. The lowest BCUT2D eigenvalue weighted by Gasteiger charge is -2.24. The molecular formula is C21H27ClN2O6. The number of ether oxygens (including phenoxy) is 1. The summed E-state index contributed by atoms with van der Waals surface area (Å²) in [5.41, 5.74) is 1.55. The molecule has 1 amide bonds.